The number of esters is 2. The molecule has 0 amide bonds. The molecule has 0 bridgehead atoms. The molecule has 9 heteroatoms. The number of rotatable bonds is 82. The number of hydrogen-bond acceptors (Lipinski definition) is 7. The van der Waals surface area contributed by atoms with Crippen LogP contribution in [0.2, 0.25) is 0 Å². The van der Waals surface area contributed by atoms with E-state index < -0.39 is 18.4 Å². The normalized spacial score (nSPS) is 13.0. The maximum Gasteiger partial charge on any atom is 0.361 e. The molecule has 0 fully saturated rings. The van der Waals surface area contributed by atoms with E-state index in [1.165, 1.54) is 321 Å². The second kappa shape index (κ2) is 82.1. The van der Waals surface area contributed by atoms with E-state index in [2.05, 4.69) is 98.9 Å². The summed E-state index contributed by atoms with van der Waals surface area (Å²) < 4.78 is 23.1. The highest BCUT2D eigenvalue weighted by Gasteiger charge is 2.25. The quantitative estimate of drug-likeness (QED) is 0.0211. The number of aliphatic carboxylic acids is 1. The van der Waals surface area contributed by atoms with E-state index >= 15 is 0 Å². The number of carbonyl (C=O) groups excluding carboxylic acids is 2. The van der Waals surface area contributed by atoms with Gasteiger partial charge < -0.3 is 28.5 Å². The van der Waals surface area contributed by atoms with Crippen molar-refractivity contribution in [3.8, 4) is 0 Å². The Hall–Kier alpha value is -3.53. The maximum atomic E-state index is 13.0. The van der Waals surface area contributed by atoms with Crippen LogP contribution in [0.1, 0.15) is 425 Å². The minimum atomic E-state index is -1.51. The fourth-order valence-electron chi connectivity index (χ4n) is 13.0. The average Bonchev–Trinajstić information content (AvgIpc) is 1.25. The number of carbonyl (C=O) groups is 3. The van der Waals surface area contributed by atoms with Gasteiger partial charge in [-0.1, -0.05) is 407 Å². The van der Waals surface area contributed by atoms with Crippen molar-refractivity contribution in [2.75, 3.05) is 47.5 Å². The van der Waals surface area contributed by atoms with E-state index in [-0.39, 0.29) is 38.2 Å². The second-order valence-corrected chi connectivity index (χ2v) is 30.8. The fourth-order valence-corrected chi connectivity index (χ4v) is 13.0. The summed E-state index contributed by atoms with van der Waals surface area (Å²) in [5.74, 6) is -1.98. The highest BCUT2D eigenvalue weighted by atomic mass is 16.7. The Labute approximate surface area is 627 Å². The summed E-state index contributed by atoms with van der Waals surface area (Å²) in [5, 5.41) is 9.79. The van der Waals surface area contributed by atoms with Gasteiger partial charge in [0.2, 0.25) is 0 Å². The average molecular weight is 1420 g/mol. The first kappa shape index (κ1) is 97.5. The predicted molar refractivity (Wildman–Crippen MR) is 438 cm³/mol. The lowest BCUT2D eigenvalue weighted by Crippen LogP contribution is -2.40. The van der Waals surface area contributed by atoms with Gasteiger partial charge in [-0.25, -0.2) is 4.79 Å². The Kier molecular flexibility index (Phi) is 79.3. The molecule has 588 valence electrons. The van der Waals surface area contributed by atoms with Crippen molar-refractivity contribution >= 4 is 17.9 Å². The minimum absolute atomic E-state index is 0.178. The highest BCUT2D eigenvalue weighted by Crippen LogP contribution is 2.20. The highest BCUT2D eigenvalue weighted by molar-refractivity contribution is 5.71. The molecule has 101 heavy (non-hydrogen) atoms. The molecule has 0 heterocycles. The van der Waals surface area contributed by atoms with Crippen LogP contribution < -0.4 is 0 Å². The lowest BCUT2D eigenvalue weighted by Gasteiger charge is -2.25. The molecular weight excluding hydrogens is 1250 g/mol. The van der Waals surface area contributed by atoms with Gasteiger partial charge >= 0.3 is 17.9 Å². The maximum absolute atomic E-state index is 13.0. The third-order valence-electron chi connectivity index (χ3n) is 19.6. The largest absolute Gasteiger partial charge is 0.477 e. The van der Waals surface area contributed by atoms with Gasteiger partial charge in [0, 0.05) is 12.8 Å². The molecule has 0 saturated carbocycles. The number of hydrogen-bond donors (Lipinski definition) is 1. The summed E-state index contributed by atoms with van der Waals surface area (Å²) in [6.07, 6.45) is 111. The number of carboxylic acid groups (broad SMARTS) is 1. The van der Waals surface area contributed by atoms with Crippen LogP contribution >= 0.6 is 0 Å². The van der Waals surface area contributed by atoms with Crippen molar-refractivity contribution in [3.63, 3.8) is 0 Å². The molecule has 0 radical (unpaired) electrons. The van der Waals surface area contributed by atoms with Crippen LogP contribution in [0.15, 0.2) is 85.1 Å². The van der Waals surface area contributed by atoms with Gasteiger partial charge in [-0.2, -0.15) is 0 Å². The van der Waals surface area contributed by atoms with Gasteiger partial charge in [0.1, 0.15) is 13.2 Å². The van der Waals surface area contributed by atoms with Crippen LogP contribution in [0.4, 0.5) is 0 Å². The fraction of sp³-hybridized carbons (Fsp3) is 0.815. The molecule has 0 saturated heterocycles. The molecule has 0 spiro atoms. The van der Waals surface area contributed by atoms with Gasteiger partial charge in [-0.05, 0) is 89.9 Å². The molecule has 0 aromatic carbocycles. The lowest BCUT2D eigenvalue weighted by atomic mass is 10.0. The van der Waals surface area contributed by atoms with Gasteiger partial charge in [-0.3, -0.25) is 9.59 Å². The Morgan fingerprint density at radius 2 is 0.564 bits per heavy atom. The Bertz CT molecular complexity index is 1940. The Balaban J connectivity index is 3.92. The van der Waals surface area contributed by atoms with Gasteiger partial charge in [0.05, 0.1) is 34.4 Å². The predicted octanol–water partition coefficient (Wildman–Crippen LogP) is 28.5. The van der Waals surface area contributed by atoms with E-state index in [4.69, 9.17) is 18.9 Å². The topological polar surface area (TPSA) is 108 Å². The first-order valence-electron chi connectivity index (χ1n) is 43.8. The molecule has 0 aliphatic carbocycles. The van der Waals surface area contributed by atoms with Crippen LogP contribution in [0, 0.1) is 0 Å². The second-order valence-electron chi connectivity index (χ2n) is 30.8. The minimum Gasteiger partial charge on any atom is -0.477 e. The Morgan fingerprint density at radius 3 is 0.842 bits per heavy atom. The third-order valence-corrected chi connectivity index (χ3v) is 19.6. The van der Waals surface area contributed by atoms with E-state index in [0.717, 1.165) is 77.0 Å². The van der Waals surface area contributed by atoms with Crippen LogP contribution in [0.3, 0.4) is 0 Å². The number of ether oxygens (including phenoxy) is 4. The van der Waals surface area contributed by atoms with Crippen LogP contribution in [-0.4, -0.2) is 87.4 Å². The number of allylic oxidation sites excluding steroid dienone is 14. The lowest BCUT2D eigenvalue weighted by molar-refractivity contribution is -0.870. The molecule has 2 unspecified atom stereocenters. The number of quaternary nitrogens is 1. The van der Waals surface area contributed by atoms with Crippen LogP contribution in [0.25, 0.3) is 0 Å². The SMILES string of the molecule is CC/C=C\C/C=C\C/C=C\C/C=C\C/C=C\CCCCCCCCCCCCCCCCCCCCCC(=O)OC(COC(=O)CCCCCCCCCCCCCCCCCCCCCCCCCCCCCCC/C=C\C/C=C\CCCCCCC)COC(OCC[N+](C)(C)C)C(=O)O. The molecule has 2 atom stereocenters. The van der Waals surface area contributed by atoms with Crippen molar-refractivity contribution in [2.24, 2.45) is 0 Å². The zero-order valence-corrected chi connectivity index (χ0v) is 67.6. The summed E-state index contributed by atoms with van der Waals surface area (Å²) in [5.41, 5.74) is 0. The summed E-state index contributed by atoms with van der Waals surface area (Å²) in [7, 11) is 6.00. The number of nitrogens with zero attached hydrogens (tertiary/aromatic N) is 1. The van der Waals surface area contributed by atoms with E-state index in [1.54, 1.807) is 0 Å². The zero-order valence-electron chi connectivity index (χ0n) is 67.6. The third kappa shape index (κ3) is 83.6. The molecule has 1 N–H and O–H groups in total. The molecule has 0 aliphatic heterocycles. The van der Waals surface area contributed by atoms with Gasteiger partial charge in [0.15, 0.2) is 6.10 Å². The van der Waals surface area contributed by atoms with E-state index in [1.807, 2.05) is 21.1 Å². The monoisotopic (exact) mass is 1420 g/mol. The summed E-state index contributed by atoms with van der Waals surface area (Å²) >= 11 is 0. The molecular formula is C92H168NO8+. The van der Waals surface area contributed by atoms with Crippen LogP contribution in [-0.2, 0) is 33.3 Å². The number of unbranched alkanes of at least 4 members (excludes halogenated alkanes) is 53. The van der Waals surface area contributed by atoms with Crippen molar-refractivity contribution < 1.29 is 42.9 Å². The number of carboxylic acids is 1. The van der Waals surface area contributed by atoms with E-state index in [0.29, 0.717) is 17.4 Å². The molecule has 0 aliphatic rings. The van der Waals surface area contributed by atoms with Crippen molar-refractivity contribution in [3.05, 3.63) is 85.1 Å². The smallest absolute Gasteiger partial charge is 0.361 e. The van der Waals surface area contributed by atoms with Crippen molar-refractivity contribution in [1.82, 2.24) is 0 Å². The van der Waals surface area contributed by atoms with Crippen LogP contribution in [0.5, 0.6) is 0 Å². The van der Waals surface area contributed by atoms with Gasteiger partial charge in [0.25, 0.3) is 6.29 Å². The molecule has 0 aromatic heterocycles. The summed E-state index contributed by atoms with van der Waals surface area (Å²) in [6, 6.07) is 0. The Morgan fingerprint density at radius 1 is 0.307 bits per heavy atom. The van der Waals surface area contributed by atoms with Gasteiger partial charge in [-0.15, -0.1) is 0 Å². The first-order chi connectivity index (χ1) is 49.6. The zero-order chi connectivity index (χ0) is 73.2. The summed E-state index contributed by atoms with van der Waals surface area (Å²) in [6.45, 7) is 4.82. The molecule has 0 rings (SSSR count). The van der Waals surface area contributed by atoms with Crippen molar-refractivity contribution in [2.45, 2.75) is 437 Å². The molecule has 0 aromatic rings. The van der Waals surface area contributed by atoms with Crippen molar-refractivity contribution in [1.29, 1.82) is 0 Å². The molecule has 9 nitrogen and oxygen atoms in total. The first-order valence-corrected chi connectivity index (χ1v) is 43.8. The standard InChI is InChI=1S/C92H167NO8/c1-6-8-10-12-14-16-18-20-22-24-26-28-30-32-34-36-38-40-42-43-44-45-46-47-49-50-52-54-56-58-60-62-64-66-68-70-72-74-76-78-80-82-89(94)99-86-88(87-100-92(91(96)97)98-85-84-93(3,4)5)101-90(95)83-81-79-77-75-73-71-69-67-65-63-61-59-57-55-53-51-48-41-39-37-35-33-31-29-27-25-23-21-19-17-15-13-11-9-7-2/h9,11,15,17-18,20-21,23-24,26-27,29,33,35,88,92H,6-8,10,12-14,16,19,22,25,28,30-32,34,36-87H2,1-5H3/p+1/b11-9-,17-15-,20-18-,23-21-,26-24-,29-27-,35-33-. The summed E-state index contributed by atoms with van der Waals surface area (Å²) in [4.78, 5) is 37.8. The van der Waals surface area contributed by atoms with E-state index in [9.17, 15) is 19.5 Å². The number of likely N-dealkylation sites (N-methyl/N-ethyl adjacent to an activating group) is 1.